The van der Waals surface area contributed by atoms with Gasteiger partial charge in [-0.3, -0.25) is 0 Å². The molecule has 17 heavy (non-hydrogen) atoms. The minimum Gasteiger partial charge on any atom is -0.315 e. The Morgan fingerprint density at radius 2 is 1.94 bits per heavy atom. The molecule has 0 radical (unpaired) electrons. The number of rotatable bonds is 8. The molecule has 1 unspecified atom stereocenters. The van der Waals surface area contributed by atoms with E-state index in [-0.39, 0.29) is 0 Å². The van der Waals surface area contributed by atoms with Gasteiger partial charge in [0.25, 0.3) is 0 Å². The molecule has 1 rings (SSSR count). The van der Waals surface area contributed by atoms with Crippen LogP contribution in [0.25, 0.3) is 0 Å². The van der Waals surface area contributed by atoms with Gasteiger partial charge in [-0.1, -0.05) is 30.3 Å². The van der Waals surface area contributed by atoms with Crippen molar-refractivity contribution in [3.05, 3.63) is 35.9 Å². The Morgan fingerprint density at radius 1 is 1.24 bits per heavy atom. The lowest BCUT2D eigenvalue weighted by Gasteiger charge is -2.25. The first-order valence-electron chi connectivity index (χ1n) is 6.16. The summed E-state index contributed by atoms with van der Waals surface area (Å²) in [6.07, 6.45) is 3.41. The SMILES string of the molecule is CSCCCNCC(c1ccccc1)N(C)C. The van der Waals surface area contributed by atoms with E-state index in [9.17, 15) is 0 Å². The molecule has 0 aliphatic rings. The standard InChI is InChI=1S/C14H24N2S/c1-16(2)14(12-15-10-7-11-17-3)13-8-5-4-6-9-13/h4-6,8-9,14-15H,7,10-12H2,1-3H3. The van der Waals surface area contributed by atoms with Gasteiger partial charge >= 0.3 is 0 Å². The van der Waals surface area contributed by atoms with Crippen LogP contribution in [0.5, 0.6) is 0 Å². The van der Waals surface area contributed by atoms with Gasteiger partial charge in [-0.15, -0.1) is 0 Å². The van der Waals surface area contributed by atoms with E-state index in [4.69, 9.17) is 0 Å². The highest BCUT2D eigenvalue weighted by Crippen LogP contribution is 2.16. The van der Waals surface area contributed by atoms with Gasteiger partial charge in [0.1, 0.15) is 0 Å². The van der Waals surface area contributed by atoms with Crippen LogP contribution in [0, 0.1) is 0 Å². The third kappa shape index (κ3) is 5.57. The molecule has 1 aromatic rings. The van der Waals surface area contributed by atoms with Gasteiger partial charge < -0.3 is 10.2 Å². The minimum absolute atomic E-state index is 0.463. The third-order valence-electron chi connectivity index (χ3n) is 2.85. The number of nitrogens with one attached hydrogen (secondary N) is 1. The second-order valence-electron chi connectivity index (χ2n) is 4.44. The molecule has 0 aliphatic carbocycles. The van der Waals surface area contributed by atoms with Gasteiger partial charge in [-0.2, -0.15) is 11.8 Å². The Balaban J connectivity index is 2.40. The van der Waals surface area contributed by atoms with Gasteiger partial charge in [-0.25, -0.2) is 0 Å². The van der Waals surface area contributed by atoms with Crippen LogP contribution >= 0.6 is 11.8 Å². The summed E-state index contributed by atoms with van der Waals surface area (Å²) in [5, 5.41) is 3.55. The summed E-state index contributed by atoms with van der Waals surface area (Å²) in [5.74, 6) is 1.24. The lowest BCUT2D eigenvalue weighted by molar-refractivity contribution is 0.289. The lowest BCUT2D eigenvalue weighted by Crippen LogP contribution is -2.31. The van der Waals surface area contributed by atoms with Crippen molar-refractivity contribution in [2.24, 2.45) is 0 Å². The van der Waals surface area contributed by atoms with Crippen LogP contribution in [0.15, 0.2) is 30.3 Å². The topological polar surface area (TPSA) is 15.3 Å². The molecule has 2 nitrogen and oxygen atoms in total. The van der Waals surface area contributed by atoms with Crippen molar-refractivity contribution in [2.75, 3.05) is 39.2 Å². The Morgan fingerprint density at radius 3 is 2.53 bits per heavy atom. The first-order valence-corrected chi connectivity index (χ1v) is 7.56. The zero-order chi connectivity index (χ0) is 12.5. The molecule has 1 aromatic carbocycles. The van der Waals surface area contributed by atoms with Crippen molar-refractivity contribution in [2.45, 2.75) is 12.5 Å². The molecular weight excluding hydrogens is 228 g/mol. The van der Waals surface area contributed by atoms with Crippen molar-refractivity contribution >= 4 is 11.8 Å². The summed E-state index contributed by atoms with van der Waals surface area (Å²) < 4.78 is 0. The van der Waals surface area contributed by atoms with Crippen molar-refractivity contribution in [3.8, 4) is 0 Å². The number of thioether (sulfide) groups is 1. The summed E-state index contributed by atoms with van der Waals surface area (Å²) >= 11 is 1.91. The van der Waals surface area contributed by atoms with Crippen LogP contribution in [0.4, 0.5) is 0 Å². The van der Waals surface area contributed by atoms with E-state index in [0.717, 1.165) is 13.1 Å². The highest BCUT2D eigenvalue weighted by Gasteiger charge is 2.12. The van der Waals surface area contributed by atoms with Crippen LogP contribution in [-0.2, 0) is 0 Å². The monoisotopic (exact) mass is 252 g/mol. The molecule has 0 aromatic heterocycles. The molecule has 0 fully saturated rings. The Kier molecular flexibility index (Phi) is 7.33. The van der Waals surface area contributed by atoms with Crippen molar-refractivity contribution < 1.29 is 0 Å². The summed E-state index contributed by atoms with van der Waals surface area (Å²) in [4.78, 5) is 2.27. The molecular formula is C14H24N2S. The maximum absolute atomic E-state index is 3.55. The van der Waals surface area contributed by atoms with Gasteiger partial charge in [0, 0.05) is 12.6 Å². The van der Waals surface area contributed by atoms with Crippen LogP contribution in [0.1, 0.15) is 18.0 Å². The minimum atomic E-state index is 0.463. The van der Waals surface area contributed by atoms with Crippen LogP contribution in [0.2, 0.25) is 0 Å². The molecule has 0 heterocycles. The molecule has 0 saturated carbocycles. The van der Waals surface area contributed by atoms with Gasteiger partial charge in [0.15, 0.2) is 0 Å². The molecule has 3 heteroatoms. The summed E-state index contributed by atoms with van der Waals surface area (Å²) in [6, 6.07) is 11.2. The fourth-order valence-electron chi connectivity index (χ4n) is 1.85. The highest BCUT2D eigenvalue weighted by molar-refractivity contribution is 7.98. The number of nitrogens with zero attached hydrogens (tertiary/aromatic N) is 1. The fraction of sp³-hybridized carbons (Fsp3) is 0.571. The van der Waals surface area contributed by atoms with Gasteiger partial charge in [0.05, 0.1) is 0 Å². The molecule has 0 amide bonds. The van der Waals surface area contributed by atoms with E-state index < -0.39 is 0 Å². The second kappa shape index (κ2) is 8.56. The fourth-order valence-corrected chi connectivity index (χ4v) is 2.29. The predicted octanol–water partition coefficient (Wildman–Crippen LogP) is 2.63. The maximum atomic E-state index is 3.55. The molecule has 96 valence electrons. The molecule has 1 atom stereocenters. The molecule has 0 spiro atoms. The van der Waals surface area contributed by atoms with Crippen molar-refractivity contribution in [1.82, 2.24) is 10.2 Å². The van der Waals surface area contributed by atoms with Crippen LogP contribution in [-0.4, -0.2) is 44.1 Å². The maximum Gasteiger partial charge on any atom is 0.0466 e. The summed E-state index contributed by atoms with van der Waals surface area (Å²) in [7, 11) is 4.28. The smallest absolute Gasteiger partial charge is 0.0466 e. The number of hydrogen-bond donors (Lipinski definition) is 1. The average Bonchev–Trinajstić information content (AvgIpc) is 2.34. The van der Waals surface area contributed by atoms with Crippen LogP contribution in [0.3, 0.4) is 0 Å². The van der Waals surface area contributed by atoms with E-state index in [2.05, 4.69) is 60.9 Å². The normalized spacial score (nSPS) is 12.9. The van der Waals surface area contributed by atoms with E-state index in [0.29, 0.717) is 6.04 Å². The third-order valence-corrected chi connectivity index (χ3v) is 3.54. The Hall–Kier alpha value is -0.510. The average molecular weight is 252 g/mol. The zero-order valence-corrected chi connectivity index (χ0v) is 12.0. The van der Waals surface area contributed by atoms with Gasteiger partial charge in [0.2, 0.25) is 0 Å². The van der Waals surface area contributed by atoms with Crippen molar-refractivity contribution in [3.63, 3.8) is 0 Å². The first kappa shape index (κ1) is 14.6. The highest BCUT2D eigenvalue weighted by atomic mass is 32.2. The first-order chi connectivity index (χ1) is 8.25. The number of likely N-dealkylation sites (N-methyl/N-ethyl adjacent to an activating group) is 1. The molecule has 0 saturated heterocycles. The summed E-state index contributed by atoms with van der Waals surface area (Å²) in [5.41, 5.74) is 1.38. The molecule has 1 N–H and O–H groups in total. The number of hydrogen-bond acceptors (Lipinski definition) is 3. The molecule has 0 aliphatic heterocycles. The second-order valence-corrected chi connectivity index (χ2v) is 5.43. The zero-order valence-electron chi connectivity index (χ0n) is 11.1. The Labute approximate surface area is 110 Å². The lowest BCUT2D eigenvalue weighted by atomic mass is 10.1. The number of benzene rings is 1. The summed E-state index contributed by atoms with van der Waals surface area (Å²) in [6.45, 7) is 2.13. The molecule has 0 bridgehead atoms. The van der Waals surface area contributed by atoms with E-state index in [1.165, 1.54) is 17.7 Å². The van der Waals surface area contributed by atoms with Crippen molar-refractivity contribution in [1.29, 1.82) is 0 Å². The Bertz CT molecular complexity index is 288. The largest absolute Gasteiger partial charge is 0.315 e. The van der Waals surface area contributed by atoms with Gasteiger partial charge in [-0.05, 0) is 44.6 Å². The quantitative estimate of drug-likeness (QED) is 0.716. The van der Waals surface area contributed by atoms with E-state index in [1.54, 1.807) is 0 Å². The van der Waals surface area contributed by atoms with E-state index >= 15 is 0 Å². The van der Waals surface area contributed by atoms with E-state index in [1.807, 2.05) is 11.8 Å². The predicted molar refractivity (Wildman–Crippen MR) is 78.7 cm³/mol. The van der Waals surface area contributed by atoms with Crippen LogP contribution < -0.4 is 5.32 Å².